The summed E-state index contributed by atoms with van der Waals surface area (Å²) in [4.78, 5) is 28.8. The monoisotopic (exact) mass is 476 g/mol. The fraction of sp³-hybridized carbons (Fsp3) is 0. The first-order valence-electron chi connectivity index (χ1n) is 8.54. The molecule has 0 aliphatic carbocycles. The van der Waals surface area contributed by atoms with Gasteiger partial charge in [0.05, 0.1) is 9.93 Å². The molecule has 0 spiro atoms. The molecule has 3 aromatic rings. The average Bonchev–Trinajstić information content (AvgIpc) is 3.29. The standard InChI is InChI=1S/C21H11Cl3N2O3S/c22-12-3-1-11(2-4-12)19(27)25-21-26-20(28)18(30-21)10-14-6-8-17(29-14)15-7-5-13(23)9-16(15)24/h1-10H,(H,25,26,27,28)/b18-10-. The molecule has 0 unspecified atom stereocenters. The number of aliphatic imine (C=N–C) groups is 1. The van der Waals surface area contributed by atoms with Crippen LogP contribution in [0.25, 0.3) is 17.4 Å². The number of amidine groups is 1. The minimum Gasteiger partial charge on any atom is -0.457 e. The quantitative estimate of drug-likeness (QED) is 0.449. The third kappa shape index (κ3) is 4.63. The number of amides is 2. The molecule has 2 amide bonds. The van der Waals surface area contributed by atoms with Gasteiger partial charge in [-0.1, -0.05) is 34.8 Å². The van der Waals surface area contributed by atoms with Gasteiger partial charge in [0.1, 0.15) is 11.5 Å². The number of carbonyl (C=O) groups excluding carboxylic acids is 2. The maximum atomic E-state index is 12.2. The highest BCUT2D eigenvalue weighted by Crippen LogP contribution is 2.33. The fourth-order valence-electron chi connectivity index (χ4n) is 2.62. The summed E-state index contributed by atoms with van der Waals surface area (Å²) in [5, 5.41) is 4.27. The number of nitrogens with zero attached hydrogens (tertiary/aromatic N) is 1. The van der Waals surface area contributed by atoms with Crippen molar-refractivity contribution < 1.29 is 14.0 Å². The van der Waals surface area contributed by atoms with Gasteiger partial charge in [-0.25, -0.2) is 0 Å². The second kappa shape index (κ2) is 8.70. The zero-order valence-corrected chi connectivity index (χ0v) is 18.1. The zero-order chi connectivity index (χ0) is 21.3. The predicted octanol–water partition coefficient (Wildman–Crippen LogP) is 6.31. The van der Waals surface area contributed by atoms with Crippen molar-refractivity contribution in [1.29, 1.82) is 0 Å². The molecule has 1 fully saturated rings. The Bertz CT molecular complexity index is 1220. The summed E-state index contributed by atoms with van der Waals surface area (Å²) >= 11 is 19.0. The number of benzene rings is 2. The lowest BCUT2D eigenvalue weighted by Gasteiger charge is -2.00. The summed E-state index contributed by atoms with van der Waals surface area (Å²) in [5.41, 5.74) is 1.06. The van der Waals surface area contributed by atoms with E-state index in [9.17, 15) is 9.59 Å². The number of hydrogen-bond acceptors (Lipinski definition) is 4. The molecule has 0 radical (unpaired) electrons. The van der Waals surface area contributed by atoms with Crippen LogP contribution in [0.1, 0.15) is 16.1 Å². The molecule has 1 aliphatic heterocycles. The van der Waals surface area contributed by atoms with Crippen LogP contribution in [0.15, 0.2) is 68.9 Å². The van der Waals surface area contributed by atoms with Crippen molar-refractivity contribution >= 4 is 69.6 Å². The van der Waals surface area contributed by atoms with Crippen LogP contribution in [0.2, 0.25) is 15.1 Å². The summed E-state index contributed by atoms with van der Waals surface area (Å²) in [7, 11) is 0. The molecule has 2 heterocycles. The Morgan fingerprint density at radius 3 is 2.47 bits per heavy atom. The number of thioether (sulfide) groups is 1. The first-order chi connectivity index (χ1) is 14.4. The molecule has 4 rings (SSSR count). The lowest BCUT2D eigenvalue weighted by molar-refractivity contribution is -0.115. The maximum absolute atomic E-state index is 12.2. The van der Waals surface area contributed by atoms with Crippen LogP contribution in [-0.4, -0.2) is 17.0 Å². The molecule has 0 bridgehead atoms. The Hall–Kier alpha value is -2.51. The number of halogens is 3. The van der Waals surface area contributed by atoms with E-state index in [0.717, 1.165) is 11.8 Å². The summed E-state index contributed by atoms with van der Waals surface area (Å²) in [6, 6.07) is 14.9. The second-order valence-electron chi connectivity index (χ2n) is 6.12. The van der Waals surface area contributed by atoms with Gasteiger partial charge in [0.15, 0.2) is 5.17 Å². The number of carbonyl (C=O) groups is 2. The van der Waals surface area contributed by atoms with E-state index in [2.05, 4.69) is 10.3 Å². The molecule has 5 nitrogen and oxygen atoms in total. The normalized spacial score (nSPS) is 16.3. The van der Waals surface area contributed by atoms with Gasteiger partial charge in [-0.2, -0.15) is 4.99 Å². The molecule has 9 heteroatoms. The van der Waals surface area contributed by atoms with Gasteiger partial charge in [-0.15, -0.1) is 0 Å². The number of nitrogens with one attached hydrogen (secondary N) is 1. The predicted molar refractivity (Wildman–Crippen MR) is 121 cm³/mol. The molecule has 0 atom stereocenters. The molecule has 1 aromatic heterocycles. The second-order valence-corrected chi connectivity index (χ2v) is 8.43. The Morgan fingerprint density at radius 1 is 1.00 bits per heavy atom. The molecule has 2 aromatic carbocycles. The smallest absolute Gasteiger partial charge is 0.279 e. The van der Waals surface area contributed by atoms with Crippen LogP contribution in [0.3, 0.4) is 0 Å². The first-order valence-corrected chi connectivity index (χ1v) is 10.5. The van der Waals surface area contributed by atoms with Crippen LogP contribution in [0.4, 0.5) is 0 Å². The summed E-state index contributed by atoms with van der Waals surface area (Å²) in [6.45, 7) is 0. The van der Waals surface area contributed by atoms with Gasteiger partial charge >= 0.3 is 0 Å². The van der Waals surface area contributed by atoms with Gasteiger partial charge in [0.25, 0.3) is 11.8 Å². The molecule has 30 heavy (non-hydrogen) atoms. The van der Waals surface area contributed by atoms with E-state index in [1.807, 2.05) is 0 Å². The van der Waals surface area contributed by atoms with Gasteiger partial charge < -0.3 is 9.73 Å². The Balaban J connectivity index is 1.52. The number of rotatable bonds is 3. The van der Waals surface area contributed by atoms with E-state index in [-0.39, 0.29) is 11.1 Å². The molecule has 1 aliphatic rings. The highest BCUT2D eigenvalue weighted by Gasteiger charge is 2.25. The Labute approximate surface area is 190 Å². The van der Waals surface area contributed by atoms with E-state index < -0.39 is 5.91 Å². The first kappa shape index (κ1) is 20.8. The minimum absolute atomic E-state index is 0.193. The summed E-state index contributed by atoms with van der Waals surface area (Å²) in [5.74, 6) is 0.149. The average molecular weight is 478 g/mol. The van der Waals surface area contributed by atoms with E-state index in [4.69, 9.17) is 39.2 Å². The van der Waals surface area contributed by atoms with Crippen molar-refractivity contribution in [3.05, 3.63) is 85.9 Å². The SMILES string of the molecule is O=C1NC(=NC(=O)c2ccc(Cl)cc2)S/C1=C\c1ccc(-c2ccc(Cl)cc2Cl)o1. The van der Waals surface area contributed by atoms with Crippen molar-refractivity contribution in [2.75, 3.05) is 0 Å². The molecule has 0 saturated carbocycles. The van der Waals surface area contributed by atoms with Crippen molar-refractivity contribution in [2.45, 2.75) is 0 Å². The lowest BCUT2D eigenvalue weighted by Crippen LogP contribution is -2.20. The van der Waals surface area contributed by atoms with E-state index in [1.165, 1.54) is 0 Å². The molecular weight excluding hydrogens is 467 g/mol. The maximum Gasteiger partial charge on any atom is 0.279 e. The third-order valence-electron chi connectivity index (χ3n) is 4.04. The van der Waals surface area contributed by atoms with Crippen molar-refractivity contribution in [3.63, 3.8) is 0 Å². The molecular formula is C21H11Cl3N2O3S. The largest absolute Gasteiger partial charge is 0.457 e. The van der Waals surface area contributed by atoms with E-state index in [0.29, 0.717) is 42.6 Å². The third-order valence-corrected chi connectivity index (χ3v) is 5.75. The van der Waals surface area contributed by atoms with Gasteiger partial charge in [-0.05, 0) is 66.4 Å². The fourth-order valence-corrected chi connectivity index (χ4v) is 4.05. The Morgan fingerprint density at radius 2 is 1.73 bits per heavy atom. The molecule has 1 saturated heterocycles. The van der Waals surface area contributed by atoms with Gasteiger partial charge in [0.2, 0.25) is 0 Å². The summed E-state index contributed by atoms with van der Waals surface area (Å²) in [6.07, 6.45) is 1.57. The van der Waals surface area contributed by atoms with Crippen LogP contribution < -0.4 is 5.32 Å². The van der Waals surface area contributed by atoms with Gasteiger partial charge in [-0.3, -0.25) is 9.59 Å². The van der Waals surface area contributed by atoms with Gasteiger partial charge in [0, 0.05) is 27.2 Å². The number of hydrogen-bond donors (Lipinski definition) is 1. The zero-order valence-electron chi connectivity index (χ0n) is 15.0. The highest BCUT2D eigenvalue weighted by atomic mass is 35.5. The number of furan rings is 1. The van der Waals surface area contributed by atoms with Crippen molar-refractivity contribution in [3.8, 4) is 11.3 Å². The van der Waals surface area contributed by atoms with Crippen LogP contribution in [-0.2, 0) is 4.79 Å². The topological polar surface area (TPSA) is 71.7 Å². The molecule has 150 valence electrons. The van der Waals surface area contributed by atoms with Crippen molar-refractivity contribution in [2.24, 2.45) is 4.99 Å². The van der Waals surface area contributed by atoms with Crippen LogP contribution >= 0.6 is 46.6 Å². The minimum atomic E-state index is -0.478. The van der Waals surface area contributed by atoms with E-state index in [1.54, 1.807) is 60.7 Å². The molecule has 1 N–H and O–H groups in total. The highest BCUT2D eigenvalue weighted by molar-refractivity contribution is 8.18. The summed E-state index contributed by atoms with van der Waals surface area (Å²) < 4.78 is 5.78. The Kier molecular flexibility index (Phi) is 6.01. The van der Waals surface area contributed by atoms with Crippen molar-refractivity contribution in [1.82, 2.24) is 5.32 Å². The van der Waals surface area contributed by atoms with Crippen LogP contribution in [0.5, 0.6) is 0 Å². The van der Waals surface area contributed by atoms with E-state index >= 15 is 0 Å². The lowest BCUT2D eigenvalue weighted by atomic mass is 10.2. The van der Waals surface area contributed by atoms with Crippen LogP contribution in [0, 0.1) is 0 Å².